The van der Waals surface area contributed by atoms with E-state index >= 15 is 0 Å². The first-order chi connectivity index (χ1) is 14.3. The monoisotopic (exact) mass is 433 g/mol. The fourth-order valence-corrected chi connectivity index (χ4v) is 4.10. The Morgan fingerprint density at radius 1 is 1.07 bits per heavy atom. The minimum absolute atomic E-state index is 0.293. The van der Waals surface area contributed by atoms with Crippen molar-refractivity contribution in [3.05, 3.63) is 60.2 Å². The molecule has 0 aliphatic carbocycles. The van der Waals surface area contributed by atoms with E-state index in [9.17, 15) is 18.0 Å². The molecule has 0 aromatic heterocycles. The van der Waals surface area contributed by atoms with Crippen molar-refractivity contribution < 1.29 is 22.7 Å². The fourth-order valence-electron chi connectivity index (χ4n) is 2.92. The van der Waals surface area contributed by atoms with E-state index in [1.165, 1.54) is 6.92 Å². The second kappa shape index (κ2) is 10.7. The van der Waals surface area contributed by atoms with Crippen molar-refractivity contribution in [3.63, 3.8) is 0 Å². The fraction of sp³-hybridized carbons (Fsp3) is 0.333. The molecule has 2 aromatic rings. The molecule has 0 aliphatic rings. The van der Waals surface area contributed by atoms with Gasteiger partial charge in [-0.05, 0) is 37.6 Å². The van der Waals surface area contributed by atoms with Crippen LogP contribution in [-0.2, 0) is 19.6 Å². The number of hydrogen-bond donors (Lipinski definition) is 2. The number of nitrogens with zero attached hydrogens (tertiary/aromatic N) is 1. The number of anilines is 2. The molecular weight excluding hydrogens is 406 g/mol. The van der Waals surface area contributed by atoms with E-state index in [1.807, 2.05) is 0 Å². The van der Waals surface area contributed by atoms with E-state index in [-0.39, 0.29) is 5.91 Å². The Hall–Kier alpha value is -2.91. The maximum absolute atomic E-state index is 12.9. The van der Waals surface area contributed by atoms with Crippen molar-refractivity contribution in [2.45, 2.75) is 19.4 Å². The highest BCUT2D eigenvalue weighted by atomic mass is 32.2. The molecule has 0 aliphatic heterocycles. The number of hydrogen-bond acceptors (Lipinski definition) is 5. The Labute approximate surface area is 177 Å². The maximum Gasteiger partial charge on any atom is 0.253 e. The summed E-state index contributed by atoms with van der Waals surface area (Å²) in [6.07, 6.45) is 1.71. The highest BCUT2D eigenvalue weighted by Gasteiger charge is 2.29. The number of carbonyl (C=O) groups excluding carboxylic acids is 2. The van der Waals surface area contributed by atoms with Crippen molar-refractivity contribution >= 4 is 33.2 Å². The van der Waals surface area contributed by atoms with E-state index < -0.39 is 22.0 Å². The third kappa shape index (κ3) is 6.30. The summed E-state index contributed by atoms with van der Waals surface area (Å²) in [7, 11) is -2.13. The molecule has 0 saturated carbocycles. The highest BCUT2D eigenvalue weighted by Crippen LogP contribution is 2.22. The van der Waals surface area contributed by atoms with E-state index in [0.717, 1.165) is 10.6 Å². The van der Waals surface area contributed by atoms with E-state index in [2.05, 4.69) is 10.6 Å². The van der Waals surface area contributed by atoms with Gasteiger partial charge in [0, 0.05) is 20.3 Å². The summed E-state index contributed by atoms with van der Waals surface area (Å²) < 4.78 is 30.7. The molecule has 2 aromatic carbocycles. The topological polar surface area (TPSA) is 105 Å². The molecule has 2 rings (SSSR count). The van der Waals surface area contributed by atoms with Crippen LogP contribution >= 0.6 is 0 Å². The van der Waals surface area contributed by atoms with Crippen LogP contribution in [0.1, 0.15) is 23.7 Å². The molecule has 162 valence electrons. The number of carbonyl (C=O) groups is 2. The quantitative estimate of drug-likeness (QED) is 0.559. The molecule has 0 heterocycles. The van der Waals surface area contributed by atoms with Crippen LogP contribution in [0.25, 0.3) is 0 Å². The van der Waals surface area contributed by atoms with E-state index in [1.54, 1.807) is 61.7 Å². The van der Waals surface area contributed by atoms with Crippen molar-refractivity contribution in [1.29, 1.82) is 0 Å². The zero-order chi connectivity index (χ0) is 22.1. The predicted molar refractivity (Wildman–Crippen MR) is 117 cm³/mol. The molecule has 8 nitrogen and oxygen atoms in total. The van der Waals surface area contributed by atoms with Gasteiger partial charge < -0.3 is 15.4 Å². The summed E-state index contributed by atoms with van der Waals surface area (Å²) >= 11 is 0. The third-order valence-corrected chi connectivity index (χ3v) is 5.58. The number of nitrogens with one attached hydrogen (secondary N) is 2. The van der Waals surface area contributed by atoms with Gasteiger partial charge in [-0.3, -0.25) is 13.9 Å². The average Bonchev–Trinajstić information content (AvgIpc) is 2.71. The van der Waals surface area contributed by atoms with Crippen LogP contribution in [0.4, 0.5) is 11.4 Å². The second-order valence-corrected chi connectivity index (χ2v) is 8.57. The van der Waals surface area contributed by atoms with Crippen molar-refractivity contribution in [2.24, 2.45) is 0 Å². The standard InChI is InChI=1S/C21H27N3O5S/c1-16(24(30(3,27)28)17-10-5-4-6-11-17)20(25)23-19-13-8-7-12-18(19)21(26)22-14-9-15-29-2/h4-8,10-13,16H,9,14-15H2,1-3H3,(H,22,26)(H,23,25)/t16-/m0/s1. The normalized spacial score (nSPS) is 12.1. The van der Waals surface area contributed by atoms with Gasteiger partial charge in [0.15, 0.2) is 0 Å². The van der Waals surface area contributed by atoms with Gasteiger partial charge in [0.1, 0.15) is 6.04 Å². The van der Waals surface area contributed by atoms with Crippen LogP contribution in [0.3, 0.4) is 0 Å². The lowest BCUT2D eigenvalue weighted by Gasteiger charge is -2.28. The van der Waals surface area contributed by atoms with Crippen molar-refractivity contribution in [2.75, 3.05) is 36.1 Å². The molecular formula is C21H27N3O5S. The number of sulfonamides is 1. The smallest absolute Gasteiger partial charge is 0.253 e. The van der Waals surface area contributed by atoms with Crippen LogP contribution in [-0.4, -0.2) is 52.8 Å². The zero-order valence-electron chi connectivity index (χ0n) is 17.3. The minimum atomic E-state index is -3.72. The SMILES string of the molecule is COCCCNC(=O)c1ccccc1NC(=O)[C@H](C)N(c1ccccc1)S(C)(=O)=O. The molecule has 0 bridgehead atoms. The Balaban J connectivity index is 2.19. The van der Waals surface area contributed by atoms with Crippen LogP contribution in [0.15, 0.2) is 54.6 Å². The minimum Gasteiger partial charge on any atom is -0.385 e. The van der Waals surface area contributed by atoms with E-state index in [4.69, 9.17) is 4.74 Å². The molecule has 2 N–H and O–H groups in total. The molecule has 1 atom stereocenters. The van der Waals surface area contributed by atoms with Crippen LogP contribution in [0, 0.1) is 0 Å². The predicted octanol–water partition coefficient (Wildman–Crippen LogP) is 2.25. The molecule has 0 radical (unpaired) electrons. The molecule has 0 unspecified atom stereocenters. The largest absolute Gasteiger partial charge is 0.385 e. The Morgan fingerprint density at radius 3 is 2.33 bits per heavy atom. The number of amides is 2. The van der Waals surface area contributed by atoms with E-state index in [0.29, 0.717) is 36.5 Å². The first-order valence-electron chi connectivity index (χ1n) is 9.47. The Kier molecular flexibility index (Phi) is 8.37. The summed E-state index contributed by atoms with van der Waals surface area (Å²) in [6, 6.07) is 13.9. The third-order valence-electron chi connectivity index (χ3n) is 4.34. The van der Waals surface area contributed by atoms with Crippen LogP contribution in [0.2, 0.25) is 0 Å². The number of methoxy groups -OCH3 is 1. The summed E-state index contributed by atoms with van der Waals surface area (Å²) in [6.45, 7) is 2.45. The van der Waals surface area contributed by atoms with Gasteiger partial charge in [0.25, 0.3) is 5.91 Å². The van der Waals surface area contributed by atoms with Gasteiger partial charge in [-0.25, -0.2) is 8.42 Å². The lowest BCUT2D eigenvalue weighted by atomic mass is 10.1. The van der Waals surface area contributed by atoms with Gasteiger partial charge in [0.05, 0.1) is 23.2 Å². The molecule has 30 heavy (non-hydrogen) atoms. The summed E-state index contributed by atoms with van der Waals surface area (Å²) in [4.78, 5) is 25.4. The first kappa shape index (κ1) is 23.4. The Bertz CT molecular complexity index is 964. The highest BCUT2D eigenvalue weighted by molar-refractivity contribution is 7.92. The molecule has 2 amide bonds. The van der Waals surface area contributed by atoms with Crippen molar-refractivity contribution in [1.82, 2.24) is 5.32 Å². The summed E-state index contributed by atoms with van der Waals surface area (Å²) in [5, 5.41) is 5.46. The lowest BCUT2D eigenvalue weighted by Crippen LogP contribution is -2.45. The van der Waals surface area contributed by atoms with Gasteiger partial charge in [0.2, 0.25) is 15.9 Å². The summed E-state index contributed by atoms with van der Waals surface area (Å²) in [5.41, 5.74) is 0.980. The first-order valence-corrected chi connectivity index (χ1v) is 11.3. The van der Waals surface area contributed by atoms with Gasteiger partial charge in [-0.15, -0.1) is 0 Å². The average molecular weight is 434 g/mol. The number of rotatable bonds is 10. The summed E-state index contributed by atoms with van der Waals surface area (Å²) in [5.74, 6) is -0.887. The Morgan fingerprint density at radius 2 is 1.70 bits per heavy atom. The van der Waals surface area contributed by atoms with Gasteiger partial charge >= 0.3 is 0 Å². The second-order valence-electron chi connectivity index (χ2n) is 6.71. The van der Waals surface area contributed by atoms with Gasteiger partial charge in [-0.2, -0.15) is 0 Å². The number of ether oxygens (including phenoxy) is 1. The molecule has 0 spiro atoms. The zero-order valence-corrected chi connectivity index (χ0v) is 18.1. The van der Waals surface area contributed by atoms with Crippen LogP contribution in [0.5, 0.6) is 0 Å². The molecule has 0 saturated heterocycles. The number of benzene rings is 2. The number of para-hydroxylation sites is 2. The molecule has 0 fully saturated rings. The lowest BCUT2D eigenvalue weighted by molar-refractivity contribution is -0.116. The van der Waals surface area contributed by atoms with Crippen LogP contribution < -0.4 is 14.9 Å². The van der Waals surface area contributed by atoms with Gasteiger partial charge in [-0.1, -0.05) is 30.3 Å². The molecule has 9 heteroatoms. The maximum atomic E-state index is 12.9. The van der Waals surface area contributed by atoms with Crippen molar-refractivity contribution in [3.8, 4) is 0 Å².